The molecule has 28 heavy (non-hydrogen) atoms. The van der Waals surface area contributed by atoms with Gasteiger partial charge >= 0.3 is 5.97 Å². The molecule has 0 bridgehead atoms. The zero-order chi connectivity index (χ0) is 19.7. The summed E-state index contributed by atoms with van der Waals surface area (Å²) in [6.07, 6.45) is 4.38. The Kier molecular flexibility index (Phi) is 4.95. The van der Waals surface area contributed by atoms with Crippen molar-refractivity contribution in [2.75, 3.05) is 18.6 Å². The van der Waals surface area contributed by atoms with Crippen LogP contribution in [-0.2, 0) is 11.2 Å². The number of aryl methyl sites for hydroxylation is 1. The average Bonchev–Trinajstić information content (AvgIpc) is 3.22. The van der Waals surface area contributed by atoms with Crippen LogP contribution in [0, 0.1) is 0 Å². The van der Waals surface area contributed by atoms with Crippen molar-refractivity contribution in [3.63, 3.8) is 0 Å². The van der Waals surface area contributed by atoms with Crippen molar-refractivity contribution in [2.24, 2.45) is 0 Å². The van der Waals surface area contributed by atoms with Gasteiger partial charge in [0.1, 0.15) is 0 Å². The van der Waals surface area contributed by atoms with Crippen LogP contribution >= 0.6 is 0 Å². The fraction of sp³-hybridized carbons (Fsp3) is 0.292. The highest BCUT2D eigenvalue weighted by Crippen LogP contribution is 2.33. The zero-order valence-electron chi connectivity index (χ0n) is 16.7. The first-order valence-corrected chi connectivity index (χ1v) is 9.84. The molecule has 0 fully saturated rings. The summed E-state index contributed by atoms with van der Waals surface area (Å²) in [5.74, 6) is -0.316. The molecule has 0 saturated heterocycles. The molecule has 1 aromatic heterocycles. The molecule has 1 aliphatic heterocycles. The van der Waals surface area contributed by atoms with E-state index in [4.69, 9.17) is 4.74 Å². The summed E-state index contributed by atoms with van der Waals surface area (Å²) in [6.45, 7) is 5.64. The van der Waals surface area contributed by atoms with Crippen LogP contribution in [0.1, 0.15) is 36.2 Å². The standard InChI is InChI=1S/C24H26N2O2/c1-17(2)25-14-4-6-19-16-20(10-13-23(19)25)22-7-5-15-26(22)21-11-8-18(9-12-21)24(27)28-3/h5,7-13,15-17H,4,6,14H2,1-3H3. The number of carbonyl (C=O) groups is 1. The molecular formula is C24H26N2O2. The lowest BCUT2D eigenvalue weighted by atomic mass is 9.97. The Morgan fingerprint density at radius 1 is 1.07 bits per heavy atom. The van der Waals surface area contributed by atoms with Crippen LogP contribution in [-0.4, -0.2) is 30.2 Å². The van der Waals surface area contributed by atoms with Gasteiger partial charge in [0.25, 0.3) is 0 Å². The van der Waals surface area contributed by atoms with Crippen LogP contribution in [0.3, 0.4) is 0 Å². The number of hydrogen-bond donors (Lipinski definition) is 0. The molecule has 3 aromatic rings. The van der Waals surface area contributed by atoms with Gasteiger partial charge in [-0.15, -0.1) is 0 Å². The highest BCUT2D eigenvalue weighted by atomic mass is 16.5. The third-order valence-corrected chi connectivity index (χ3v) is 5.47. The Labute approximate surface area is 166 Å². The molecule has 0 saturated carbocycles. The fourth-order valence-corrected chi connectivity index (χ4v) is 4.04. The molecule has 1 aliphatic rings. The first-order chi connectivity index (χ1) is 13.6. The first-order valence-electron chi connectivity index (χ1n) is 9.84. The topological polar surface area (TPSA) is 34.5 Å². The number of hydrogen-bond acceptors (Lipinski definition) is 3. The molecule has 4 rings (SSSR count). The second kappa shape index (κ2) is 7.55. The predicted octanol–water partition coefficient (Wildman–Crippen LogP) is 5.09. The van der Waals surface area contributed by atoms with Crippen molar-refractivity contribution in [3.05, 3.63) is 71.9 Å². The maximum Gasteiger partial charge on any atom is 0.337 e. The third-order valence-electron chi connectivity index (χ3n) is 5.47. The largest absolute Gasteiger partial charge is 0.465 e. The number of esters is 1. The molecule has 4 heteroatoms. The lowest BCUT2D eigenvalue weighted by molar-refractivity contribution is 0.0601. The Morgan fingerprint density at radius 2 is 1.86 bits per heavy atom. The van der Waals surface area contributed by atoms with Crippen molar-refractivity contribution >= 4 is 11.7 Å². The zero-order valence-corrected chi connectivity index (χ0v) is 16.7. The molecule has 2 heterocycles. The van der Waals surface area contributed by atoms with Gasteiger partial charge < -0.3 is 14.2 Å². The van der Waals surface area contributed by atoms with Gasteiger partial charge in [-0.2, -0.15) is 0 Å². The molecule has 0 atom stereocenters. The molecule has 0 radical (unpaired) electrons. The first kappa shape index (κ1) is 18.4. The van der Waals surface area contributed by atoms with Crippen LogP contribution in [0.15, 0.2) is 60.8 Å². The van der Waals surface area contributed by atoms with Crippen molar-refractivity contribution in [2.45, 2.75) is 32.7 Å². The Morgan fingerprint density at radius 3 is 2.57 bits per heavy atom. The molecule has 0 aliphatic carbocycles. The Hall–Kier alpha value is -3.01. The van der Waals surface area contributed by atoms with E-state index >= 15 is 0 Å². The van der Waals surface area contributed by atoms with Crippen LogP contribution in [0.25, 0.3) is 16.9 Å². The van der Waals surface area contributed by atoms with E-state index in [1.54, 1.807) is 12.1 Å². The van der Waals surface area contributed by atoms with Crippen LogP contribution < -0.4 is 4.90 Å². The molecular weight excluding hydrogens is 348 g/mol. The van der Waals surface area contributed by atoms with E-state index in [0.717, 1.165) is 24.3 Å². The van der Waals surface area contributed by atoms with Gasteiger partial charge in [0.2, 0.25) is 0 Å². The molecule has 2 aromatic carbocycles. The predicted molar refractivity (Wildman–Crippen MR) is 113 cm³/mol. The van der Waals surface area contributed by atoms with Gasteiger partial charge in [0.05, 0.1) is 18.4 Å². The summed E-state index contributed by atoms with van der Waals surface area (Å²) >= 11 is 0. The minimum atomic E-state index is -0.316. The van der Waals surface area contributed by atoms with Crippen molar-refractivity contribution in [1.82, 2.24) is 4.57 Å². The van der Waals surface area contributed by atoms with Gasteiger partial charge in [-0.1, -0.05) is 6.07 Å². The monoisotopic (exact) mass is 374 g/mol. The van der Waals surface area contributed by atoms with Crippen LogP contribution in [0.4, 0.5) is 5.69 Å². The van der Waals surface area contributed by atoms with E-state index in [0.29, 0.717) is 11.6 Å². The summed E-state index contributed by atoms with van der Waals surface area (Å²) in [6, 6.07) is 19.0. The number of carbonyl (C=O) groups excluding carboxylic acids is 1. The molecule has 0 spiro atoms. The van der Waals surface area contributed by atoms with Gasteiger partial charge in [0, 0.05) is 30.2 Å². The van der Waals surface area contributed by atoms with E-state index in [-0.39, 0.29) is 5.97 Å². The van der Waals surface area contributed by atoms with E-state index < -0.39 is 0 Å². The second-order valence-electron chi connectivity index (χ2n) is 7.54. The number of ether oxygens (including phenoxy) is 1. The average molecular weight is 374 g/mol. The molecule has 144 valence electrons. The smallest absolute Gasteiger partial charge is 0.337 e. The number of fused-ring (bicyclic) bond motifs is 1. The van der Waals surface area contributed by atoms with Gasteiger partial charge in [-0.05, 0) is 86.3 Å². The highest BCUT2D eigenvalue weighted by molar-refractivity contribution is 5.89. The van der Waals surface area contributed by atoms with Crippen LogP contribution in [0.2, 0.25) is 0 Å². The van der Waals surface area contributed by atoms with E-state index in [1.807, 2.05) is 12.1 Å². The molecule has 4 nitrogen and oxygen atoms in total. The SMILES string of the molecule is COC(=O)c1ccc(-n2cccc2-c2ccc3c(c2)CCCN3C(C)C)cc1. The number of nitrogens with zero attached hydrogens (tertiary/aromatic N) is 2. The van der Waals surface area contributed by atoms with Crippen molar-refractivity contribution in [1.29, 1.82) is 0 Å². The normalized spacial score (nSPS) is 13.5. The van der Waals surface area contributed by atoms with Gasteiger partial charge in [-0.3, -0.25) is 0 Å². The summed E-state index contributed by atoms with van der Waals surface area (Å²) in [5.41, 5.74) is 6.73. The number of rotatable bonds is 4. The van der Waals surface area contributed by atoms with Crippen molar-refractivity contribution < 1.29 is 9.53 Å². The molecule has 0 unspecified atom stereocenters. The number of anilines is 1. The van der Waals surface area contributed by atoms with Gasteiger partial charge in [-0.25, -0.2) is 4.79 Å². The lowest BCUT2D eigenvalue weighted by Crippen LogP contribution is -2.35. The summed E-state index contributed by atoms with van der Waals surface area (Å²) < 4.78 is 6.95. The number of benzene rings is 2. The summed E-state index contributed by atoms with van der Waals surface area (Å²) in [5, 5.41) is 0. The minimum Gasteiger partial charge on any atom is -0.465 e. The minimum absolute atomic E-state index is 0.316. The van der Waals surface area contributed by atoms with Crippen LogP contribution in [0.5, 0.6) is 0 Å². The van der Waals surface area contributed by atoms with Crippen molar-refractivity contribution in [3.8, 4) is 16.9 Å². The molecule has 0 amide bonds. The third kappa shape index (κ3) is 3.31. The maximum absolute atomic E-state index is 11.7. The molecule has 0 N–H and O–H groups in total. The maximum atomic E-state index is 11.7. The quantitative estimate of drug-likeness (QED) is 0.597. The summed E-state index contributed by atoms with van der Waals surface area (Å²) in [4.78, 5) is 14.2. The fourth-order valence-electron chi connectivity index (χ4n) is 4.04. The second-order valence-corrected chi connectivity index (χ2v) is 7.54. The Bertz CT molecular complexity index is 986. The Balaban J connectivity index is 1.69. The highest BCUT2D eigenvalue weighted by Gasteiger charge is 2.20. The van der Waals surface area contributed by atoms with Gasteiger partial charge in [0.15, 0.2) is 0 Å². The summed E-state index contributed by atoms with van der Waals surface area (Å²) in [7, 11) is 1.40. The van der Waals surface area contributed by atoms with E-state index in [1.165, 1.54) is 30.3 Å². The number of methoxy groups -OCH3 is 1. The van der Waals surface area contributed by atoms with E-state index in [2.05, 4.69) is 59.8 Å². The number of aromatic nitrogens is 1. The van der Waals surface area contributed by atoms with E-state index in [9.17, 15) is 4.79 Å². The lowest BCUT2D eigenvalue weighted by Gasteiger charge is -2.35.